The minimum absolute atomic E-state index is 0.313. The van der Waals surface area contributed by atoms with Gasteiger partial charge in [0, 0.05) is 35.9 Å². The zero-order valence-electron chi connectivity index (χ0n) is 8.88. The van der Waals surface area contributed by atoms with Crippen molar-refractivity contribution in [2.75, 3.05) is 6.54 Å². The zero-order chi connectivity index (χ0) is 11.4. The highest BCUT2D eigenvalue weighted by atomic mass is 79.9. The first kappa shape index (κ1) is 11.4. The third kappa shape index (κ3) is 2.71. The van der Waals surface area contributed by atoms with Crippen LogP contribution in [0.4, 0.5) is 0 Å². The highest BCUT2D eigenvalue weighted by Crippen LogP contribution is 2.19. The molecule has 2 N–H and O–H groups in total. The van der Waals surface area contributed by atoms with E-state index in [4.69, 9.17) is 5.73 Å². The Morgan fingerprint density at radius 3 is 2.62 bits per heavy atom. The van der Waals surface area contributed by atoms with Crippen molar-refractivity contribution in [2.45, 2.75) is 12.5 Å². The normalized spacial score (nSPS) is 12.6. The van der Waals surface area contributed by atoms with Crippen molar-refractivity contribution in [1.29, 1.82) is 0 Å². The van der Waals surface area contributed by atoms with Gasteiger partial charge in [0.1, 0.15) is 0 Å². The Kier molecular flexibility index (Phi) is 3.74. The number of nitrogens with two attached hydrogens (primary N) is 1. The van der Waals surface area contributed by atoms with Gasteiger partial charge in [0.25, 0.3) is 0 Å². The van der Waals surface area contributed by atoms with E-state index >= 15 is 0 Å². The number of rotatable bonds is 4. The molecule has 0 aliphatic carbocycles. The highest BCUT2D eigenvalue weighted by Gasteiger charge is 2.10. The summed E-state index contributed by atoms with van der Waals surface area (Å²) in [4.78, 5) is 0. The van der Waals surface area contributed by atoms with Gasteiger partial charge in [0.05, 0.1) is 0 Å². The topological polar surface area (TPSA) is 43.8 Å². The molecule has 4 heteroatoms. The molecule has 0 bridgehead atoms. The van der Waals surface area contributed by atoms with Gasteiger partial charge in [-0.3, -0.25) is 4.68 Å². The predicted molar refractivity (Wildman–Crippen MR) is 68.2 cm³/mol. The quantitative estimate of drug-likeness (QED) is 0.934. The molecule has 0 aliphatic rings. The van der Waals surface area contributed by atoms with Crippen LogP contribution in [0.15, 0.2) is 47.2 Å². The van der Waals surface area contributed by atoms with Gasteiger partial charge in [0.2, 0.25) is 0 Å². The van der Waals surface area contributed by atoms with Gasteiger partial charge in [-0.2, -0.15) is 5.10 Å². The molecular weight excluding hydrogens is 266 g/mol. The maximum absolute atomic E-state index is 5.81. The molecule has 2 rings (SSSR count). The zero-order valence-corrected chi connectivity index (χ0v) is 10.5. The second kappa shape index (κ2) is 5.27. The number of benzene rings is 1. The van der Waals surface area contributed by atoms with E-state index in [2.05, 4.69) is 33.2 Å². The van der Waals surface area contributed by atoms with Crippen LogP contribution < -0.4 is 5.73 Å². The summed E-state index contributed by atoms with van der Waals surface area (Å²) in [6.07, 6.45) is 3.75. The molecule has 1 heterocycles. The first-order valence-electron chi connectivity index (χ1n) is 5.22. The van der Waals surface area contributed by atoms with Crippen LogP contribution in [0.1, 0.15) is 11.5 Å². The summed E-state index contributed by atoms with van der Waals surface area (Å²) in [7, 11) is 0. The summed E-state index contributed by atoms with van der Waals surface area (Å²) in [5, 5.41) is 4.20. The van der Waals surface area contributed by atoms with E-state index in [1.165, 1.54) is 5.56 Å². The summed E-state index contributed by atoms with van der Waals surface area (Å²) < 4.78 is 3.01. The molecule has 1 atom stereocenters. The van der Waals surface area contributed by atoms with Crippen LogP contribution in [0.3, 0.4) is 0 Å². The minimum Gasteiger partial charge on any atom is -0.330 e. The summed E-state index contributed by atoms with van der Waals surface area (Å²) in [5.74, 6) is 0.313. The molecule has 1 unspecified atom stereocenters. The fourth-order valence-electron chi connectivity index (χ4n) is 1.69. The number of halogens is 1. The van der Waals surface area contributed by atoms with Crippen LogP contribution >= 0.6 is 15.9 Å². The number of aromatic nitrogens is 2. The fraction of sp³-hybridized carbons (Fsp3) is 0.250. The van der Waals surface area contributed by atoms with E-state index in [-0.39, 0.29) is 0 Å². The van der Waals surface area contributed by atoms with Crippen LogP contribution in [-0.2, 0) is 6.54 Å². The van der Waals surface area contributed by atoms with Crippen molar-refractivity contribution >= 4 is 15.9 Å². The van der Waals surface area contributed by atoms with E-state index in [0.717, 1.165) is 11.0 Å². The number of hydrogen-bond donors (Lipinski definition) is 1. The lowest BCUT2D eigenvalue weighted by molar-refractivity contribution is 0.521. The molecule has 0 spiro atoms. The molecule has 3 nitrogen and oxygen atoms in total. The van der Waals surface area contributed by atoms with E-state index in [9.17, 15) is 0 Å². The molecule has 0 saturated heterocycles. The Labute approximate surface area is 103 Å². The molecule has 1 aromatic heterocycles. The molecule has 1 aromatic carbocycles. The second-order valence-corrected chi connectivity index (χ2v) is 4.63. The smallest absolute Gasteiger partial charge is 0.0489 e. The first-order chi connectivity index (χ1) is 7.79. The lowest BCUT2D eigenvalue weighted by Gasteiger charge is -2.15. The minimum atomic E-state index is 0.313. The molecule has 16 heavy (non-hydrogen) atoms. The molecule has 0 radical (unpaired) electrons. The van der Waals surface area contributed by atoms with Crippen molar-refractivity contribution in [1.82, 2.24) is 9.78 Å². The van der Waals surface area contributed by atoms with Crippen molar-refractivity contribution < 1.29 is 0 Å². The molecule has 0 saturated carbocycles. The maximum atomic E-state index is 5.81. The van der Waals surface area contributed by atoms with Gasteiger partial charge in [-0.25, -0.2) is 0 Å². The molecule has 2 aromatic rings. The number of hydrogen-bond acceptors (Lipinski definition) is 2. The summed E-state index contributed by atoms with van der Waals surface area (Å²) in [6.45, 7) is 1.45. The lowest BCUT2D eigenvalue weighted by atomic mass is 9.99. The Morgan fingerprint density at radius 2 is 2.06 bits per heavy atom. The third-order valence-corrected chi connectivity index (χ3v) is 3.12. The Hall–Kier alpha value is -1.13. The average Bonchev–Trinajstić information content (AvgIpc) is 2.80. The van der Waals surface area contributed by atoms with Crippen molar-refractivity contribution in [3.8, 4) is 0 Å². The molecule has 0 aliphatic heterocycles. The van der Waals surface area contributed by atoms with Crippen molar-refractivity contribution in [3.05, 3.63) is 52.8 Å². The average molecular weight is 280 g/mol. The first-order valence-corrected chi connectivity index (χ1v) is 6.02. The van der Waals surface area contributed by atoms with Gasteiger partial charge in [-0.1, -0.05) is 28.1 Å². The molecule has 84 valence electrons. The van der Waals surface area contributed by atoms with Crippen molar-refractivity contribution in [3.63, 3.8) is 0 Å². The van der Waals surface area contributed by atoms with Gasteiger partial charge in [-0.15, -0.1) is 0 Å². The van der Waals surface area contributed by atoms with Crippen LogP contribution in [0.2, 0.25) is 0 Å². The van der Waals surface area contributed by atoms with E-state index in [1.54, 1.807) is 6.20 Å². The Balaban J connectivity index is 2.13. The van der Waals surface area contributed by atoms with Gasteiger partial charge in [0.15, 0.2) is 0 Å². The highest BCUT2D eigenvalue weighted by molar-refractivity contribution is 9.10. The van der Waals surface area contributed by atoms with Crippen LogP contribution in [-0.4, -0.2) is 16.3 Å². The monoisotopic (exact) mass is 279 g/mol. The van der Waals surface area contributed by atoms with Crippen LogP contribution in [0.25, 0.3) is 0 Å². The SMILES string of the molecule is NCC(Cn1cccn1)c1ccc(Br)cc1. The van der Waals surface area contributed by atoms with Gasteiger partial charge in [-0.05, 0) is 23.8 Å². The molecular formula is C12H14BrN3. The van der Waals surface area contributed by atoms with E-state index < -0.39 is 0 Å². The summed E-state index contributed by atoms with van der Waals surface area (Å²) >= 11 is 3.43. The van der Waals surface area contributed by atoms with Gasteiger partial charge >= 0.3 is 0 Å². The Bertz CT molecular complexity index is 422. The van der Waals surface area contributed by atoms with Crippen molar-refractivity contribution in [2.24, 2.45) is 5.73 Å². The van der Waals surface area contributed by atoms with E-state index in [1.807, 2.05) is 29.1 Å². The van der Waals surface area contributed by atoms with E-state index in [0.29, 0.717) is 12.5 Å². The third-order valence-electron chi connectivity index (χ3n) is 2.59. The Morgan fingerprint density at radius 1 is 1.31 bits per heavy atom. The molecule has 0 fully saturated rings. The predicted octanol–water partition coefficient (Wildman–Crippen LogP) is 2.39. The summed E-state index contributed by atoms with van der Waals surface area (Å²) in [6, 6.07) is 10.2. The van der Waals surface area contributed by atoms with Crippen LogP contribution in [0.5, 0.6) is 0 Å². The largest absolute Gasteiger partial charge is 0.330 e. The summed E-state index contributed by atoms with van der Waals surface area (Å²) in [5.41, 5.74) is 7.06. The van der Waals surface area contributed by atoms with Gasteiger partial charge < -0.3 is 5.73 Å². The second-order valence-electron chi connectivity index (χ2n) is 3.71. The molecule has 0 amide bonds. The number of nitrogens with zero attached hydrogens (tertiary/aromatic N) is 2. The standard InChI is InChI=1S/C12H14BrN3/c13-12-4-2-10(3-5-12)11(8-14)9-16-7-1-6-15-16/h1-7,11H,8-9,14H2. The fourth-order valence-corrected chi connectivity index (χ4v) is 1.95. The maximum Gasteiger partial charge on any atom is 0.0489 e. The van der Waals surface area contributed by atoms with Crippen LogP contribution in [0, 0.1) is 0 Å². The lowest BCUT2D eigenvalue weighted by Crippen LogP contribution is -2.18.